The Labute approximate surface area is 143 Å². The Morgan fingerprint density at radius 1 is 1.05 bits per heavy atom. The maximum Gasteiger partial charge on any atom is 0.147 e. The first kappa shape index (κ1) is 16.6. The van der Waals surface area contributed by atoms with Crippen molar-refractivity contribution in [1.82, 2.24) is 5.32 Å². The van der Waals surface area contributed by atoms with E-state index in [1.807, 2.05) is 30.3 Å². The maximum absolute atomic E-state index is 6.28. The van der Waals surface area contributed by atoms with Gasteiger partial charge in [-0.2, -0.15) is 0 Å². The molecule has 0 bridgehead atoms. The number of benzene rings is 2. The van der Waals surface area contributed by atoms with Crippen LogP contribution in [-0.4, -0.2) is 6.04 Å². The van der Waals surface area contributed by atoms with E-state index in [1.54, 1.807) is 6.07 Å². The molecule has 0 atom stereocenters. The molecule has 0 amide bonds. The van der Waals surface area contributed by atoms with E-state index >= 15 is 0 Å². The third-order valence-electron chi connectivity index (χ3n) is 2.82. The van der Waals surface area contributed by atoms with Gasteiger partial charge >= 0.3 is 0 Å². The predicted octanol–water partition coefficient (Wildman–Crippen LogP) is 6.05. The molecular formula is C16H16BrCl2NO. The van der Waals surface area contributed by atoms with Gasteiger partial charge in [-0.15, -0.1) is 0 Å². The molecule has 5 heteroatoms. The minimum Gasteiger partial charge on any atom is -0.454 e. The Kier molecular flexibility index (Phi) is 5.94. The third-order valence-corrected chi connectivity index (χ3v) is 3.92. The molecule has 2 aromatic rings. The topological polar surface area (TPSA) is 21.3 Å². The first-order chi connectivity index (χ1) is 9.95. The normalized spacial score (nSPS) is 11.0. The van der Waals surface area contributed by atoms with Crippen molar-refractivity contribution in [2.75, 3.05) is 0 Å². The van der Waals surface area contributed by atoms with Gasteiger partial charge in [-0.3, -0.25) is 0 Å². The van der Waals surface area contributed by atoms with Crippen LogP contribution in [0.4, 0.5) is 0 Å². The zero-order valence-electron chi connectivity index (χ0n) is 11.8. The van der Waals surface area contributed by atoms with Crippen molar-refractivity contribution >= 4 is 39.1 Å². The Bertz CT molecular complexity index is 632. The molecule has 2 rings (SSSR count). The molecule has 0 aliphatic rings. The Hall–Kier alpha value is -0.740. The van der Waals surface area contributed by atoms with Gasteiger partial charge in [0.05, 0.1) is 10.0 Å². The summed E-state index contributed by atoms with van der Waals surface area (Å²) >= 11 is 15.8. The standard InChI is InChI=1S/C16H16BrCl2NO/c1-10(2)20-9-11-3-6-15(14(19)7-11)21-16-8-12(17)4-5-13(16)18/h3-8,10,20H,9H2,1-2H3. The molecule has 0 saturated carbocycles. The minimum absolute atomic E-state index is 0.431. The predicted molar refractivity (Wildman–Crippen MR) is 92.7 cm³/mol. The van der Waals surface area contributed by atoms with Crippen molar-refractivity contribution in [2.45, 2.75) is 26.4 Å². The van der Waals surface area contributed by atoms with Crippen LogP contribution >= 0.6 is 39.1 Å². The van der Waals surface area contributed by atoms with Gasteiger partial charge in [0, 0.05) is 17.1 Å². The summed E-state index contributed by atoms with van der Waals surface area (Å²) in [6.07, 6.45) is 0. The van der Waals surface area contributed by atoms with E-state index in [1.165, 1.54) is 0 Å². The lowest BCUT2D eigenvalue weighted by atomic mass is 10.2. The average Bonchev–Trinajstić information content (AvgIpc) is 2.43. The summed E-state index contributed by atoms with van der Waals surface area (Å²) in [5, 5.41) is 4.45. The van der Waals surface area contributed by atoms with Gasteiger partial charge in [-0.25, -0.2) is 0 Å². The fourth-order valence-corrected chi connectivity index (χ4v) is 2.47. The molecule has 0 heterocycles. The second-order valence-corrected chi connectivity index (χ2v) is 6.71. The van der Waals surface area contributed by atoms with E-state index in [0.717, 1.165) is 16.6 Å². The lowest BCUT2D eigenvalue weighted by Crippen LogP contribution is -2.21. The van der Waals surface area contributed by atoms with Gasteiger partial charge in [-0.1, -0.05) is 59.0 Å². The summed E-state index contributed by atoms with van der Waals surface area (Å²) in [5.41, 5.74) is 1.11. The van der Waals surface area contributed by atoms with Crippen LogP contribution in [0.25, 0.3) is 0 Å². The zero-order valence-corrected chi connectivity index (χ0v) is 14.9. The number of ether oxygens (including phenoxy) is 1. The van der Waals surface area contributed by atoms with Crippen LogP contribution in [0.1, 0.15) is 19.4 Å². The van der Waals surface area contributed by atoms with Crippen LogP contribution in [-0.2, 0) is 6.54 Å². The summed E-state index contributed by atoms with van der Waals surface area (Å²) < 4.78 is 6.69. The monoisotopic (exact) mass is 387 g/mol. The maximum atomic E-state index is 6.28. The quantitative estimate of drug-likeness (QED) is 0.673. The smallest absolute Gasteiger partial charge is 0.147 e. The van der Waals surface area contributed by atoms with Crippen molar-refractivity contribution < 1.29 is 4.74 Å². The summed E-state index contributed by atoms with van der Waals surface area (Å²) in [4.78, 5) is 0. The number of rotatable bonds is 5. The average molecular weight is 389 g/mol. The molecule has 0 fully saturated rings. The molecular weight excluding hydrogens is 373 g/mol. The van der Waals surface area contributed by atoms with E-state index in [-0.39, 0.29) is 0 Å². The summed E-state index contributed by atoms with van der Waals surface area (Å²) in [5.74, 6) is 1.16. The van der Waals surface area contributed by atoms with Crippen LogP contribution in [0, 0.1) is 0 Å². The molecule has 112 valence electrons. The second-order valence-electron chi connectivity index (χ2n) is 4.98. The molecule has 0 saturated heterocycles. The highest BCUT2D eigenvalue weighted by molar-refractivity contribution is 9.10. The van der Waals surface area contributed by atoms with Crippen LogP contribution in [0.2, 0.25) is 10.0 Å². The largest absolute Gasteiger partial charge is 0.454 e. The van der Waals surface area contributed by atoms with E-state index in [2.05, 4.69) is 35.1 Å². The SMILES string of the molecule is CC(C)NCc1ccc(Oc2cc(Br)ccc2Cl)c(Cl)c1. The highest BCUT2D eigenvalue weighted by atomic mass is 79.9. The lowest BCUT2D eigenvalue weighted by molar-refractivity contribution is 0.482. The Balaban J connectivity index is 2.15. The van der Waals surface area contributed by atoms with E-state index in [0.29, 0.717) is 27.6 Å². The zero-order chi connectivity index (χ0) is 15.4. The van der Waals surface area contributed by atoms with Crippen molar-refractivity contribution in [1.29, 1.82) is 0 Å². The van der Waals surface area contributed by atoms with Crippen LogP contribution in [0.15, 0.2) is 40.9 Å². The van der Waals surface area contributed by atoms with E-state index in [9.17, 15) is 0 Å². The molecule has 1 N–H and O–H groups in total. The van der Waals surface area contributed by atoms with Gasteiger partial charge in [0.1, 0.15) is 11.5 Å². The minimum atomic E-state index is 0.431. The number of hydrogen-bond donors (Lipinski definition) is 1. The molecule has 2 aromatic carbocycles. The van der Waals surface area contributed by atoms with Gasteiger partial charge in [0.15, 0.2) is 0 Å². The van der Waals surface area contributed by atoms with Crippen molar-refractivity contribution in [3.8, 4) is 11.5 Å². The van der Waals surface area contributed by atoms with Crippen molar-refractivity contribution in [3.05, 3.63) is 56.5 Å². The van der Waals surface area contributed by atoms with Gasteiger partial charge in [-0.05, 0) is 35.9 Å². The third kappa shape index (κ3) is 4.89. The summed E-state index contributed by atoms with van der Waals surface area (Å²) in [6.45, 7) is 4.98. The van der Waals surface area contributed by atoms with Crippen molar-refractivity contribution in [3.63, 3.8) is 0 Å². The first-order valence-electron chi connectivity index (χ1n) is 6.60. The van der Waals surface area contributed by atoms with Crippen molar-refractivity contribution in [2.24, 2.45) is 0 Å². The van der Waals surface area contributed by atoms with Gasteiger partial charge in [0.2, 0.25) is 0 Å². The number of hydrogen-bond acceptors (Lipinski definition) is 2. The van der Waals surface area contributed by atoms with Crippen LogP contribution < -0.4 is 10.1 Å². The van der Waals surface area contributed by atoms with Gasteiger partial charge < -0.3 is 10.1 Å². The highest BCUT2D eigenvalue weighted by Gasteiger charge is 2.08. The summed E-state index contributed by atoms with van der Waals surface area (Å²) in [6, 6.07) is 11.6. The van der Waals surface area contributed by atoms with Gasteiger partial charge in [0.25, 0.3) is 0 Å². The number of halogens is 3. The summed E-state index contributed by atoms with van der Waals surface area (Å²) in [7, 11) is 0. The molecule has 0 spiro atoms. The molecule has 0 aromatic heterocycles. The molecule has 21 heavy (non-hydrogen) atoms. The second kappa shape index (κ2) is 7.50. The molecule has 0 aliphatic heterocycles. The van der Waals surface area contributed by atoms with Crippen LogP contribution in [0.5, 0.6) is 11.5 Å². The number of nitrogens with one attached hydrogen (secondary N) is 1. The van der Waals surface area contributed by atoms with E-state index in [4.69, 9.17) is 27.9 Å². The molecule has 0 unspecified atom stereocenters. The fraction of sp³-hybridized carbons (Fsp3) is 0.250. The molecule has 2 nitrogen and oxygen atoms in total. The van der Waals surface area contributed by atoms with E-state index < -0.39 is 0 Å². The Morgan fingerprint density at radius 3 is 2.48 bits per heavy atom. The fourth-order valence-electron chi connectivity index (χ4n) is 1.73. The molecule has 0 radical (unpaired) electrons. The lowest BCUT2D eigenvalue weighted by Gasteiger charge is -2.12. The first-order valence-corrected chi connectivity index (χ1v) is 8.15. The van der Waals surface area contributed by atoms with Crippen LogP contribution in [0.3, 0.4) is 0 Å². The molecule has 0 aliphatic carbocycles. The highest BCUT2D eigenvalue weighted by Crippen LogP contribution is 2.35. The Morgan fingerprint density at radius 2 is 1.81 bits per heavy atom.